The van der Waals surface area contributed by atoms with E-state index >= 15 is 0 Å². The fourth-order valence-corrected chi connectivity index (χ4v) is 5.93. The van der Waals surface area contributed by atoms with Crippen LogP contribution in [0.25, 0.3) is 0 Å². The fraction of sp³-hybridized carbons (Fsp3) is 0.560. The van der Waals surface area contributed by atoms with E-state index in [0.717, 1.165) is 0 Å². The largest absolute Gasteiger partial charge is 0.491 e. The molecule has 0 saturated carbocycles. The molecule has 0 unspecified atom stereocenters. The van der Waals surface area contributed by atoms with Gasteiger partial charge in [-0.15, -0.1) is 0 Å². The predicted octanol–water partition coefficient (Wildman–Crippen LogP) is 2.35. The molecule has 3 rings (SSSR count). The van der Waals surface area contributed by atoms with E-state index in [0.29, 0.717) is 24.1 Å². The monoisotopic (exact) mass is 535 g/mol. The third-order valence-corrected chi connectivity index (χ3v) is 8.27. The number of nitrogens with one attached hydrogen (secondary N) is 1. The first-order valence-corrected chi connectivity index (χ1v) is 13.8. The van der Waals surface area contributed by atoms with Crippen molar-refractivity contribution in [3.63, 3.8) is 0 Å². The van der Waals surface area contributed by atoms with Crippen molar-refractivity contribution >= 4 is 27.5 Å². The van der Waals surface area contributed by atoms with Crippen LogP contribution in [0, 0.1) is 5.92 Å². The summed E-state index contributed by atoms with van der Waals surface area (Å²) in [7, 11) is 0.976. The number of methoxy groups -OCH3 is 1. The van der Waals surface area contributed by atoms with Gasteiger partial charge < -0.3 is 24.3 Å². The number of amides is 2. The molecule has 12 heteroatoms. The van der Waals surface area contributed by atoms with Crippen molar-refractivity contribution < 1.29 is 27.5 Å². The molecule has 204 valence electrons. The number of fused-ring (bicyclic) bond motifs is 1. The van der Waals surface area contributed by atoms with Gasteiger partial charge in [0.05, 0.1) is 24.0 Å². The molecule has 1 aliphatic rings. The van der Waals surface area contributed by atoms with Crippen molar-refractivity contribution in [3.8, 4) is 5.75 Å². The molecule has 2 amide bonds. The van der Waals surface area contributed by atoms with Gasteiger partial charge in [0.25, 0.3) is 15.9 Å². The van der Waals surface area contributed by atoms with E-state index in [1.165, 1.54) is 21.7 Å². The van der Waals surface area contributed by atoms with Gasteiger partial charge in [0.2, 0.25) is 5.91 Å². The van der Waals surface area contributed by atoms with Crippen molar-refractivity contribution in [2.75, 3.05) is 39.2 Å². The standard InChI is InChI=1S/C25H37N5O6S/c1-7-8-23(31)27-19-9-10-20-21(11-19)36-15-18(3)30(37(33,34)24-14-28(4)16-26-24)12-17(2)22(35-6)13-29(5)25(20)32/h9-11,14,16-18,22H,7-8,12-13,15H2,1-6H3,(H,27,31)/t17-,18+,22+/m1/s1. The molecule has 1 aromatic heterocycles. The average Bonchev–Trinajstić information content (AvgIpc) is 3.30. The van der Waals surface area contributed by atoms with Crippen LogP contribution < -0.4 is 10.1 Å². The Morgan fingerprint density at radius 2 is 1.97 bits per heavy atom. The minimum Gasteiger partial charge on any atom is -0.491 e. The predicted molar refractivity (Wildman–Crippen MR) is 139 cm³/mol. The number of carbonyl (C=O) groups is 2. The number of aromatic nitrogens is 2. The smallest absolute Gasteiger partial charge is 0.262 e. The fourth-order valence-electron chi connectivity index (χ4n) is 4.24. The number of sulfonamides is 1. The number of carbonyl (C=O) groups excluding carboxylic acids is 2. The summed E-state index contributed by atoms with van der Waals surface area (Å²) < 4.78 is 41.9. The van der Waals surface area contributed by atoms with Crippen LogP contribution in [-0.2, 0) is 26.6 Å². The molecule has 0 aliphatic carbocycles. The quantitative estimate of drug-likeness (QED) is 0.602. The summed E-state index contributed by atoms with van der Waals surface area (Å²) >= 11 is 0. The molecule has 0 saturated heterocycles. The van der Waals surface area contributed by atoms with E-state index in [-0.39, 0.29) is 48.2 Å². The van der Waals surface area contributed by atoms with E-state index in [4.69, 9.17) is 9.47 Å². The molecule has 0 radical (unpaired) electrons. The third kappa shape index (κ3) is 6.68. The normalized spacial score (nSPS) is 21.9. The number of rotatable bonds is 6. The van der Waals surface area contributed by atoms with E-state index in [9.17, 15) is 18.0 Å². The van der Waals surface area contributed by atoms with Gasteiger partial charge in [0.1, 0.15) is 12.4 Å². The third-order valence-electron chi connectivity index (χ3n) is 6.40. The number of benzene rings is 1. The molecule has 0 spiro atoms. The zero-order chi connectivity index (χ0) is 27.3. The van der Waals surface area contributed by atoms with Crippen molar-refractivity contribution in [3.05, 3.63) is 36.3 Å². The van der Waals surface area contributed by atoms with E-state index < -0.39 is 22.2 Å². The maximum atomic E-state index is 13.6. The maximum Gasteiger partial charge on any atom is 0.262 e. The minimum atomic E-state index is -3.95. The molecule has 2 heterocycles. The minimum absolute atomic E-state index is 0.0210. The van der Waals surface area contributed by atoms with Crippen LogP contribution in [0.1, 0.15) is 44.0 Å². The maximum absolute atomic E-state index is 13.6. The van der Waals surface area contributed by atoms with Crippen LogP contribution in [-0.4, -0.2) is 85.0 Å². The van der Waals surface area contributed by atoms with Crippen LogP contribution in [0.15, 0.2) is 35.7 Å². The van der Waals surface area contributed by atoms with Crippen molar-refractivity contribution in [1.82, 2.24) is 18.8 Å². The van der Waals surface area contributed by atoms with Crippen LogP contribution in [0.5, 0.6) is 5.75 Å². The highest BCUT2D eigenvalue weighted by Gasteiger charge is 2.35. The van der Waals surface area contributed by atoms with Crippen LogP contribution in [0.3, 0.4) is 0 Å². The summed E-state index contributed by atoms with van der Waals surface area (Å²) in [6.45, 7) is 5.93. The van der Waals surface area contributed by atoms with E-state index in [1.54, 1.807) is 50.9 Å². The molecule has 1 aliphatic heterocycles. The van der Waals surface area contributed by atoms with Gasteiger partial charge in [-0.05, 0) is 31.4 Å². The van der Waals surface area contributed by atoms with Crippen molar-refractivity contribution in [1.29, 1.82) is 0 Å². The van der Waals surface area contributed by atoms with Gasteiger partial charge in [-0.3, -0.25) is 9.59 Å². The summed E-state index contributed by atoms with van der Waals surface area (Å²) in [5.74, 6) is -0.383. The van der Waals surface area contributed by atoms with Gasteiger partial charge in [-0.1, -0.05) is 13.8 Å². The van der Waals surface area contributed by atoms with Crippen LogP contribution >= 0.6 is 0 Å². The highest BCUT2D eigenvalue weighted by molar-refractivity contribution is 7.89. The van der Waals surface area contributed by atoms with Gasteiger partial charge in [0.15, 0.2) is 5.03 Å². The Bertz CT molecular complexity index is 1210. The van der Waals surface area contributed by atoms with Gasteiger partial charge in [-0.25, -0.2) is 13.4 Å². The van der Waals surface area contributed by atoms with Crippen LogP contribution in [0.4, 0.5) is 5.69 Å². The second-order valence-corrected chi connectivity index (χ2v) is 11.4. The first-order valence-electron chi connectivity index (χ1n) is 12.3. The molecular formula is C25H37N5O6S. The lowest BCUT2D eigenvalue weighted by Crippen LogP contribution is -2.48. The number of aryl methyl sites for hydroxylation is 1. The lowest BCUT2D eigenvalue weighted by molar-refractivity contribution is -0.116. The highest BCUT2D eigenvalue weighted by atomic mass is 32.2. The second-order valence-electron chi connectivity index (χ2n) is 9.56. The number of hydrogen-bond acceptors (Lipinski definition) is 7. The summed E-state index contributed by atoms with van der Waals surface area (Å²) in [6, 6.07) is 4.27. The van der Waals surface area contributed by atoms with E-state index in [1.807, 2.05) is 13.8 Å². The highest BCUT2D eigenvalue weighted by Crippen LogP contribution is 2.28. The lowest BCUT2D eigenvalue weighted by Gasteiger charge is -2.35. The summed E-state index contributed by atoms with van der Waals surface area (Å²) in [6.07, 6.45) is 3.56. The molecular weight excluding hydrogens is 498 g/mol. The summed E-state index contributed by atoms with van der Waals surface area (Å²) in [5.41, 5.74) is 0.805. The van der Waals surface area contributed by atoms with Gasteiger partial charge in [0, 0.05) is 58.7 Å². The number of ether oxygens (including phenoxy) is 2. The molecule has 2 aromatic rings. The first kappa shape index (κ1) is 28.6. The van der Waals surface area contributed by atoms with Crippen molar-refractivity contribution in [2.45, 2.75) is 50.8 Å². The van der Waals surface area contributed by atoms with Gasteiger partial charge in [-0.2, -0.15) is 4.31 Å². The molecule has 0 bridgehead atoms. The Kier molecular flexibility index (Phi) is 9.32. The zero-order valence-corrected chi connectivity index (χ0v) is 23.1. The summed E-state index contributed by atoms with van der Waals surface area (Å²) in [5, 5.41) is 2.76. The Balaban J connectivity index is 2.02. The number of anilines is 1. The lowest BCUT2D eigenvalue weighted by atomic mass is 10.0. The average molecular weight is 536 g/mol. The SMILES string of the molecule is CCCC(=O)Nc1ccc2c(c1)OC[C@H](C)N(S(=O)(=O)c1cn(C)cn1)C[C@@H](C)[C@@H](OC)CN(C)C2=O. The number of likely N-dealkylation sites (N-methyl/N-ethyl adjacent to an activating group) is 1. The second kappa shape index (κ2) is 12.1. The molecule has 1 N–H and O–H groups in total. The molecule has 3 atom stereocenters. The topological polar surface area (TPSA) is 123 Å². The van der Waals surface area contributed by atoms with Gasteiger partial charge >= 0.3 is 0 Å². The number of imidazole rings is 1. The Labute approximate surface area is 218 Å². The first-order chi connectivity index (χ1) is 17.5. The number of nitrogens with zero attached hydrogens (tertiary/aromatic N) is 4. The zero-order valence-electron chi connectivity index (χ0n) is 22.3. The Hall–Kier alpha value is -2.96. The number of hydrogen-bond donors (Lipinski definition) is 1. The Morgan fingerprint density at radius 1 is 1.24 bits per heavy atom. The van der Waals surface area contributed by atoms with Crippen LogP contribution in [0.2, 0.25) is 0 Å². The molecule has 1 aromatic carbocycles. The molecule has 11 nitrogen and oxygen atoms in total. The van der Waals surface area contributed by atoms with E-state index in [2.05, 4.69) is 10.3 Å². The Morgan fingerprint density at radius 3 is 2.59 bits per heavy atom. The summed E-state index contributed by atoms with van der Waals surface area (Å²) in [4.78, 5) is 31.1. The molecule has 37 heavy (non-hydrogen) atoms. The van der Waals surface area contributed by atoms with Crippen molar-refractivity contribution in [2.24, 2.45) is 13.0 Å². The molecule has 0 fully saturated rings.